The summed E-state index contributed by atoms with van der Waals surface area (Å²) in [5.41, 5.74) is 0.988. The van der Waals surface area contributed by atoms with Crippen LogP contribution in [0, 0.1) is 0 Å². The highest BCUT2D eigenvalue weighted by molar-refractivity contribution is 9.10. The fourth-order valence-electron chi connectivity index (χ4n) is 1.30. The molecule has 0 spiro atoms. The maximum Gasteiger partial charge on any atom is 0.341 e. The van der Waals surface area contributed by atoms with E-state index in [1.807, 2.05) is 0 Å². The van der Waals surface area contributed by atoms with Crippen LogP contribution in [-0.2, 0) is 4.74 Å². The molecule has 0 saturated heterocycles. The van der Waals surface area contributed by atoms with E-state index in [9.17, 15) is 4.79 Å². The minimum absolute atomic E-state index is 0.391. The molecule has 0 bridgehead atoms. The van der Waals surface area contributed by atoms with E-state index in [1.54, 1.807) is 24.5 Å². The molecule has 0 amide bonds. The molecule has 14 heavy (non-hydrogen) atoms. The summed E-state index contributed by atoms with van der Waals surface area (Å²) in [4.78, 5) is 11.3. The van der Waals surface area contributed by atoms with Gasteiger partial charge in [0.2, 0.25) is 0 Å². The summed E-state index contributed by atoms with van der Waals surface area (Å²) in [7, 11) is 1.35. The highest BCUT2D eigenvalue weighted by atomic mass is 79.9. The second-order valence-corrected chi connectivity index (χ2v) is 3.60. The molecule has 1 aromatic heterocycles. The summed E-state index contributed by atoms with van der Waals surface area (Å²) in [6.07, 6.45) is 1.54. The van der Waals surface area contributed by atoms with Gasteiger partial charge in [-0.05, 0) is 18.2 Å². The molecule has 1 aromatic carbocycles. The number of ether oxygens (including phenoxy) is 1. The average Bonchev–Trinajstić information content (AvgIpc) is 2.67. The third-order valence-corrected chi connectivity index (χ3v) is 2.66. The fourth-order valence-corrected chi connectivity index (χ4v) is 1.74. The van der Waals surface area contributed by atoms with Crippen molar-refractivity contribution in [3.05, 3.63) is 34.5 Å². The summed E-state index contributed by atoms with van der Waals surface area (Å²) in [6.45, 7) is 0. The van der Waals surface area contributed by atoms with Crippen molar-refractivity contribution in [1.82, 2.24) is 0 Å². The average molecular weight is 255 g/mol. The van der Waals surface area contributed by atoms with Crippen molar-refractivity contribution in [3.63, 3.8) is 0 Å². The molecular weight excluding hydrogens is 248 g/mol. The van der Waals surface area contributed by atoms with Gasteiger partial charge in [0.25, 0.3) is 0 Å². The summed E-state index contributed by atoms with van der Waals surface area (Å²) in [5.74, 6) is -0.391. The Kier molecular flexibility index (Phi) is 2.29. The van der Waals surface area contributed by atoms with Gasteiger partial charge in [-0.15, -0.1) is 0 Å². The van der Waals surface area contributed by atoms with Gasteiger partial charge in [-0.3, -0.25) is 0 Å². The number of methoxy groups -OCH3 is 1. The van der Waals surface area contributed by atoms with Crippen LogP contribution in [0.15, 0.2) is 33.4 Å². The molecule has 0 saturated carbocycles. The van der Waals surface area contributed by atoms with Gasteiger partial charge in [-0.2, -0.15) is 0 Å². The maximum absolute atomic E-state index is 11.3. The Balaban J connectivity index is 2.72. The third-order valence-electron chi connectivity index (χ3n) is 1.97. The van der Waals surface area contributed by atoms with Crippen molar-refractivity contribution in [2.75, 3.05) is 7.11 Å². The molecule has 0 fully saturated rings. The Hall–Kier alpha value is -1.29. The molecule has 72 valence electrons. The monoisotopic (exact) mass is 254 g/mol. The number of hydrogen-bond donors (Lipinski definition) is 0. The molecule has 0 aliphatic rings. The zero-order valence-corrected chi connectivity index (χ0v) is 9.00. The van der Waals surface area contributed by atoms with Gasteiger partial charge in [-0.1, -0.05) is 15.9 Å². The van der Waals surface area contributed by atoms with Crippen molar-refractivity contribution >= 4 is 32.9 Å². The first-order valence-corrected chi connectivity index (χ1v) is 4.77. The minimum atomic E-state index is -0.391. The smallest absolute Gasteiger partial charge is 0.341 e. The lowest BCUT2D eigenvalue weighted by molar-refractivity contribution is 0.0602. The van der Waals surface area contributed by atoms with E-state index in [0.29, 0.717) is 11.1 Å². The van der Waals surface area contributed by atoms with E-state index in [1.165, 1.54) is 7.11 Å². The number of esters is 1. The van der Waals surface area contributed by atoms with E-state index >= 15 is 0 Å². The molecule has 2 aromatic rings. The Morgan fingerprint density at radius 2 is 2.21 bits per heavy atom. The number of rotatable bonds is 1. The van der Waals surface area contributed by atoms with Crippen molar-refractivity contribution in [3.8, 4) is 0 Å². The second kappa shape index (κ2) is 3.46. The number of benzene rings is 1. The molecule has 3 nitrogen and oxygen atoms in total. The van der Waals surface area contributed by atoms with Crippen LogP contribution in [-0.4, -0.2) is 13.1 Å². The van der Waals surface area contributed by atoms with Gasteiger partial charge in [0.1, 0.15) is 11.1 Å². The number of carbonyl (C=O) groups is 1. The molecule has 0 N–H and O–H groups in total. The first-order chi connectivity index (χ1) is 6.74. The number of halogens is 1. The minimum Gasteiger partial charge on any atom is -0.465 e. The summed E-state index contributed by atoms with van der Waals surface area (Å²) in [5, 5.41) is 0.868. The maximum atomic E-state index is 11.3. The predicted octanol–water partition coefficient (Wildman–Crippen LogP) is 2.98. The van der Waals surface area contributed by atoms with Crippen molar-refractivity contribution < 1.29 is 13.9 Å². The lowest BCUT2D eigenvalue weighted by Gasteiger charge is -2.00. The van der Waals surface area contributed by atoms with Crippen molar-refractivity contribution in [1.29, 1.82) is 0 Å². The van der Waals surface area contributed by atoms with E-state index in [2.05, 4.69) is 20.7 Å². The number of hydrogen-bond acceptors (Lipinski definition) is 3. The van der Waals surface area contributed by atoms with Crippen LogP contribution in [0.3, 0.4) is 0 Å². The van der Waals surface area contributed by atoms with Crippen LogP contribution in [0.25, 0.3) is 11.0 Å². The van der Waals surface area contributed by atoms with Gasteiger partial charge in [0, 0.05) is 9.86 Å². The largest absolute Gasteiger partial charge is 0.465 e. The summed E-state index contributed by atoms with van der Waals surface area (Å²) in [6, 6.07) is 5.26. The van der Waals surface area contributed by atoms with Crippen LogP contribution in [0.5, 0.6) is 0 Å². The standard InChI is InChI=1S/C10H7BrO3/c1-13-10(12)7-2-3-8(11)6-4-5-14-9(6)7/h2-5H,1H3. The lowest BCUT2D eigenvalue weighted by atomic mass is 10.1. The third kappa shape index (κ3) is 1.32. The number of carbonyl (C=O) groups excluding carboxylic acids is 1. The first-order valence-electron chi connectivity index (χ1n) is 3.98. The molecule has 0 aliphatic heterocycles. The SMILES string of the molecule is COC(=O)c1ccc(Br)c2ccoc12. The van der Waals surface area contributed by atoms with E-state index in [4.69, 9.17) is 4.42 Å². The van der Waals surface area contributed by atoms with Crippen molar-refractivity contribution in [2.45, 2.75) is 0 Å². The molecule has 4 heteroatoms. The Morgan fingerprint density at radius 3 is 2.93 bits per heavy atom. The van der Waals surface area contributed by atoms with Crippen LogP contribution in [0.2, 0.25) is 0 Å². The molecule has 2 rings (SSSR count). The fraction of sp³-hybridized carbons (Fsp3) is 0.100. The predicted molar refractivity (Wildman–Crippen MR) is 55.3 cm³/mol. The summed E-state index contributed by atoms with van der Waals surface area (Å²) >= 11 is 3.37. The van der Waals surface area contributed by atoms with Gasteiger partial charge in [0.05, 0.1) is 13.4 Å². The van der Waals surface area contributed by atoms with Crippen LogP contribution >= 0.6 is 15.9 Å². The van der Waals surface area contributed by atoms with Crippen LogP contribution < -0.4 is 0 Å². The number of furan rings is 1. The molecule has 0 unspecified atom stereocenters. The Labute approximate surface area is 88.8 Å². The number of fused-ring (bicyclic) bond motifs is 1. The van der Waals surface area contributed by atoms with E-state index in [-0.39, 0.29) is 0 Å². The van der Waals surface area contributed by atoms with Crippen molar-refractivity contribution in [2.24, 2.45) is 0 Å². The lowest BCUT2D eigenvalue weighted by Crippen LogP contribution is -2.01. The first kappa shape index (κ1) is 9.27. The topological polar surface area (TPSA) is 39.4 Å². The molecular formula is C10H7BrO3. The van der Waals surface area contributed by atoms with E-state index < -0.39 is 5.97 Å². The molecule has 0 radical (unpaired) electrons. The van der Waals surface area contributed by atoms with Gasteiger partial charge in [-0.25, -0.2) is 4.79 Å². The molecule has 0 atom stereocenters. The van der Waals surface area contributed by atoms with Crippen LogP contribution in [0.1, 0.15) is 10.4 Å². The quantitative estimate of drug-likeness (QED) is 0.735. The zero-order valence-electron chi connectivity index (χ0n) is 7.41. The molecule has 0 aliphatic carbocycles. The normalized spacial score (nSPS) is 10.4. The van der Waals surface area contributed by atoms with Gasteiger partial charge >= 0.3 is 5.97 Å². The molecule has 1 heterocycles. The van der Waals surface area contributed by atoms with Crippen LogP contribution in [0.4, 0.5) is 0 Å². The highest BCUT2D eigenvalue weighted by Gasteiger charge is 2.14. The summed E-state index contributed by atoms with van der Waals surface area (Å²) < 4.78 is 10.8. The Bertz CT molecular complexity index is 487. The van der Waals surface area contributed by atoms with Gasteiger partial charge < -0.3 is 9.15 Å². The van der Waals surface area contributed by atoms with Gasteiger partial charge in [0.15, 0.2) is 0 Å². The second-order valence-electron chi connectivity index (χ2n) is 2.75. The zero-order chi connectivity index (χ0) is 10.1. The Morgan fingerprint density at radius 1 is 1.43 bits per heavy atom. The van der Waals surface area contributed by atoms with E-state index in [0.717, 1.165) is 9.86 Å². The highest BCUT2D eigenvalue weighted by Crippen LogP contribution is 2.28.